The second kappa shape index (κ2) is 9.37. The molecule has 0 saturated heterocycles. The van der Waals surface area contributed by atoms with E-state index in [9.17, 15) is 4.79 Å². The zero-order chi connectivity index (χ0) is 17.2. The highest BCUT2D eigenvalue weighted by Crippen LogP contribution is 2.15. The van der Waals surface area contributed by atoms with E-state index in [-0.39, 0.29) is 13.2 Å². The van der Waals surface area contributed by atoms with Crippen molar-refractivity contribution in [3.05, 3.63) is 77.9 Å². The molecular formula is C19H21NO4. The van der Waals surface area contributed by atoms with Crippen molar-refractivity contribution in [2.45, 2.75) is 20.1 Å². The summed E-state index contributed by atoms with van der Waals surface area (Å²) in [6.45, 7) is 6.40. The van der Waals surface area contributed by atoms with Gasteiger partial charge < -0.3 is 9.47 Å². The van der Waals surface area contributed by atoms with Gasteiger partial charge in [-0.1, -0.05) is 54.6 Å². The van der Waals surface area contributed by atoms with Crippen LogP contribution >= 0.6 is 0 Å². The topological polar surface area (TPSA) is 56.8 Å². The largest absolute Gasteiger partial charge is 0.489 e. The second-order valence-corrected chi connectivity index (χ2v) is 5.20. The number of hydroxylamine groups is 1. The highest BCUT2D eigenvalue weighted by Gasteiger charge is 2.01. The van der Waals surface area contributed by atoms with Crippen LogP contribution in [0.2, 0.25) is 0 Å². The lowest BCUT2D eigenvalue weighted by molar-refractivity contribution is 0.0215. The van der Waals surface area contributed by atoms with Crippen molar-refractivity contribution in [3.63, 3.8) is 0 Å². The number of hydrogen-bond acceptors (Lipinski definition) is 4. The predicted octanol–water partition coefficient (Wildman–Crippen LogP) is 3.92. The molecule has 0 radical (unpaired) electrons. The summed E-state index contributed by atoms with van der Waals surface area (Å²) in [5, 5.41) is 0. The number of rotatable bonds is 8. The van der Waals surface area contributed by atoms with Gasteiger partial charge in [0, 0.05) is 0 Å². The molecule has 2 rings (SSSR count). The van der Waals surface area contributed by atoms with E-state index >= 15 is 0 Å². The number of benzene rings is 2. The van der Waals surface area contributed by atoms with E-state index in [4.69, 9.17) is 14.3 Å². The molecule has 5 heteroatoms. The van der Waals surface area contributed by atoms with Gasteiger partial charge in [-0.2, -0.15) is 5.48 Å². The van der Waals surface area contributed by atoms with E-state index < -0.39 is 6.09 Å². The zero-order valence-corrected chi connectivity index (χ0v) is 13.7. The fraction of sp³-hybridized carbons (Fsp3) is 0.211. The van der Waals surface area contributed by atoms with Crippen molar-refractivity contribution >= 4 is 6.09 Å². The SMILES string of the molecule is C=CCOC(=O)NOCc1ccc(OCc2ccc(C)cc2)cc1. The first-order valence-electron chi connectivity index (χ1n) is 7.60. The smallest absolute Gasteiger partial charge is 0.431 e. The van der Waals surface area contributed by atoms with E-state index in [1.54, 1.807) is 0 Å². The predicted molar refractivity (Wildman–Crippen MR) is 91.4 cm³/mol. The van der Waals surface area contributed by atoms with Crippen LogP contribution in [0.4, 0.5) is 4.79 Å². The van der Waals surface area contributed by atoms with Gasteiger partial charge in [0.05, 0.1) is 6.61 Å². The summed E-state index contributed by atoms with van der Waals surface area (Å²) in [7, 11) is 0. The lowest BCUT2D eigenvalue weighted by atomic mass is 10.2. The molecule has 0 spiro atoms. The first-order chi connectivity index (χ1) is 11.7. The van der Waals surface area contributed by atoms with Gasteiger partial charge in [0.2, 0.25) is 0 Å². The molecule has 2 aromatic carbocycles. The standard InChI is InChI=1S/C19H21NO4/c1-3-12-22-19(21)20-24-14-17-8-10-18(11-9-17)23-13-16-6-4-15(2)5-7-16/h3-11H,1,12-14H2,2H3,(H,20,21). The number of nitrogens with one attached hydrogen (secondary N) is 1. The van der Waals surface area contributed by atoms with Gasteiger partial charge in [0.1, 0.15) is 19.0 Å². The van der Waals surface area contributed by atoms with Crippen LogP contribution in [-0.2, 0) is 22.8 Å². The van der Waals surface area contributed by atoms with Gasteiger partial charge in [-0.25, -0.2) is 4.79 Å². The van der Waals surface area contributed by atoms with Crippen LogP contribution in [0, 0.1) is 6.92 Å². The Balaban J connectivity index is 1.73. The average Bonchev–Trinajstić information content (AvgIpc) is 2.60. The number of aryl methyl sites for hydroxylation is 1. The molecule has 126 valence electrons. The molecule has 0 aliphatic carbocycles. The molecule has 2 aromatic rings. The van der Waals surface area contributed by atoms with Crippen LogP contribution in [0.1, 0.15) is 16.7 Å². The van der Waals surface area contributed by atoms with Crippen molar-refractivity contribution in [1.82, 2.24) is 5.48 Å². The molecule has 0 bridgehead atoms. The minimum absolute atomic E-state index is 0.141. The van der Waals surface area contributed by atoms with Crippen LogP contribution in [0.5, 0.6) is 5.75 Å². The van der Waals surface area contributed by atoms with E-state index in [1.165, 1.54) is 11.6 Å². The number of carbonyl (C=O) groups is 1. The number of ether oxygens (including phenoxy) is 2. The highest BCUT2D eigenvalue weighted by atomic mass is 16.7. The molecule has 0 aliphatic heterocycles. The minimum atomic E-state index is -0.645. The van der Waals surface area contributed by atoms with Gasteiger partial charge in [0.15, 0.2) is 0 Å². The Bertz CT molecular complexity index is 650. The van der Waals surface area contributed by atoms with Crippen LogP contribution in [-0.4, -0.2) is 12.7 Å². The highest BCUT2D eigenvalue weighted by molar-refractivity contribution is 5.65. The first kappa shape index (κ1) is 17.6. The van der Waals surface area contributed by atoms with Crippen molar-refractivity contribution in [1.29, 1.82) is 0 Å². The van der Waals surface area contributed by atoms with Gasteiger partial charge in [-0.3, -0.25) is 4.84 Å². The third-order valence-corrected chi connectivity index (χ3v) is 3.18. The van der Waals surface area contributed by atoms with Crippen LogP contribution < -0.4 is 10.2 Å². The van der Waals surface area contributed by atoms with Gasteiger partial charge >= 0.3 is 6.09 Å². The Morgan fingerprint density at radius 1 is 1.04 bits per heavy atom. The van der Waals surface area contributed by atoms with Crippen LogP contribution in [0.15, 0.2) is 61.2 Å². The normalized spacial score (nSPS) is 10.0. The Labute approximate surface area is 141 Å². The lowest BCUT2D eigenvalue weighted by Crippen LogP contribution is -2.24. The third kappa shape index (κ3) is 6.14. The lowest BCUT2D eigenvalue weighted by Gasteiger charge is -2.08. The molecule has 5 nitrogen and oxygen atoms in total. The third-order valence-electron chi connectivity index (χ3n) is 3.18. The second-order valence-electron chi connectivity index (χ2n) is 5.20. The Morgan fingerprint density at radius 3 is 2.33 bits per heavy atom. The summed E-state index contributed by atoms with van der Waals surface area (Å²) in [5.74, 6) is 0.776. The number of carbonyl (C=O) groups excluding carboxylic acids is 1. The summed E-state index contributed by atoms with van der Waals surface area (Å²) in [5.41, 5.74) is 5.44. The van der Waals surface area contributed by atoms with E-state index in [2.05, 4.69) is 43.2 Å². The molecule has 1 amide bonds. The molecule has 0 saturated carbocycles. The Kier molecular flexibility index (Phi) is 6.86. The van der Waals surface area contributed by atoms with E-state index in [1.807, 2.05) is 24.3 Å². The Hall–Kier alpha value is -2.79. The zero-order valence-electron chi connectivity index (χ0n) is 13.7. The maximum atomic E-state index is 11.2. The minimum Gasteiger partial charge on any atom is -0.489 e. The van der Waals surface area contributed by atoms with Crippen molar-refractivity contribution in [2.24, 2.45) is 0 Å². The molecule has 0 aliphatic rings. The summed E-state index contributed by atoms with van der Waals surface area (Å²) >= 11 is 0. The Morgan fingerprint density at radius 2 is 1.67 bits per heavy atom. The van der Waals surface area contributed by atoms with Gasteiger partial charge in [-0.15, -0.1) is 0 Å². The molecule has 1 N–H and O–H groups in total. The van der Waals surface area contributed by atoms with Crippen molar-refractivity contribution in [3.8, 4) is 5.75 Å². The molecule has 0 aromatic heterocycles. The quantitative estimate of drug-likeness (QED) is 0.590. The van der Waals surface area contributed by atoms with Gasteiger partial charge in [-0.05, 0) is 30.2 Å². The monoisotopic (exact) mass is 327 g/mol. The molecule has 0 unspecified atom stereocenters. The summed E-state index contributed by atoms with van der Waals surface area (Å²) in [6.07, 6.45) is 0.836. The fourth-order valence-corrected chi connectivity index (χ4v) is 1.88. The molecule has 24 heavy (non-hydrogen) atoms. The molecule has 0 fully saturated rings. The average molecular weight is 327 g/mol. The molecule has 0 atom stereocenters. The maximum Gasteiger partial charge on any atom is 0.431 e. The molecule has 0 heterocycles. The summed E-state index contributed by atoms with van der Waals surface area (Å²) < 4.78 is 10.5. The first-order valence-corrected chi connectivity index (χ1v) is 7.60. The fourth-order valence-electron chi connectivity index (χ4n) is 1.88. The summed E-state index contributed by atoms with van der Waals surface area (Å²) in [6, 6.07) is 15.7. The van der Waals surface area contributed by atoms with Gasteiger partial charge in [0.25, 0.3) is 0 Å². The van der Waals surface area contributed by atoms with Crippen molar-refractivity contribution in [2.75, 3.05) is 6.61 Å². The number of amides is 1. The number of hydrogen-bond donors (Lipinski definition) is 1. The van der Waals surface area contributed by atoms with Crippen molar-refractivity contribution < 1.29 is 19.1 Å². The summed E-state index contributed by atoms with van der Waals surface area (Å²) in [4.78, 5) is 16.2. The van der Waals surface area contributed by atoms with E-state index in [0.29, 0.717) is 6.61 Å². The van der Waals surface area contributed by atoms with E-state index in [0.717, 1.165) is 16.9 Å². The molecular weight excluding hydrogens is 306 g/mol. The van der Waals surface area contributed by atoms with Crippen LogP contribution in [0.25, 0.3) is 0 Å². The maximum absolute atomic E-state index is 11.2. The van der Waals surface area contributed by atoms with Crippen LogP contribution in [0.3, 0.4) is 0 Å².